The molecule has 3 aromatic rings. The van der Waals surface area contributed by atoms with Gasteiger partial charge in [0.1, 0.15) is 43.5 Å². The van der Waals surface area contributed by atoms with E-state index >= 15 is 0 Å². The zero-order valence-corrected chi connectivity index (χ0v) is 17.5. The molecule has 5 nitrogen and oxygen atoms in total. The zero-order valence-electron chi connectivity index (χ0n) is 16.7. The number of carbonyl (C=O) groups excluding carboxylic acids is 1. The highest BCUT2D eigenvalue weighted by atomic mass is 32.1. The molecule has 1 fully saturated rings. The Labute approximate surface area is 174 Å². The third kappa shape index (κ3) is 4.98. The average molecular weight is 415 g/mol. The number of thiazole rings is 1. The minimum Gasteiger partial charge on any atom is -0.336 e. The molecular formula is C22H27FN4OS+2. The van der Waals surface area contributed by atoms with Crippen molar-refractivity contribution < 1.29 is 19.0 Å². The second kappa shape index (κ2) is 8.98. The maximum absolute atomic E-state index is 13.8. The van der Waals surface area contributed by atoms with E-state index in [4.69, 9.17) is 4.98 Å². The topological polar surface area (TPSA) is 42.1 Å². The van der Waals surface area contributed by atoms with Crippen LogP contribution in [0, 0.1) is 5.82 Å². The number of quaternary nitrogens is 2. The molecule has 2 heterocycles. The summed E-state index contributed by atoms with van der Waals surface area (Å²) in [5.74, 6) is -0.190. The Bertz CT molecular complexity index is 951. The molecule has 4 rings (SSSR count). The number of aromatic nitrogens is 1. The smallest absolute Gasteiger partial charge is 0.277 e. The lowest BCUT2D eigenvalue weighted by molar-refractivity contribution is -1.02. The number of nitrogens with one attached hydrogen (secondary N) is 2. The van der Waals surface area contributed by atoms with E-state index in [2.05, 4.69) is 18.2 Å². The first-order valence-corrected chi connectivity index (χ1v) is 10.9. The average Bonchev–Trinajstić information content (AvgIpc) is 3.13. The second-order valence-corrected chi connectivity index (χ2v) is 8.89. The number of hydrogen-bond donors (Lipinski definition) is 2. The molecule has 2 N–H and O–H groups in total. The third-order valence-electron chi connectivity index (χ3n) is 5.60. The molecule has 0 aliphatic carbocycles. The lowest BCUT2D eigenvalue weighted by Gasteiger charge is -2.30. The van der Waals surface area contributed by atoms with Crippen LogP contribution in [0.15, 0.2) is 48.5 Å². The summed E-state index contributed by atoms with van der Waals surface area (Å²) in [6.45, 7) is 5.76. The van der Waals surface area contributed by atoms with Gasteiger partial charge in [-0.15, -0.1) is 11.3 Å². The zero-order chi connectivity index (χ0) is 20.2. The van der Waals surface area contributed by atoms with E-state index in [1.54, 1.807) is 41.5 Å². The Kier molecular flexibility index (Phi) is 6.18. The van der Waals surface area contributed by atoms with E-state index in [1.807, 2.05) is 6.07 Å². The molecular weight excluding hydrogens is 387 g/mol. The largest absolute Gasteiger partial charge is 0.336 e. The lowest BCUT2D eigenvalue weighted by Crippen LogP contribution is -3.28. The number of piperazine rings is 1. The fourth-order valence-electron chi connectivity index (χ4n) is 3.84. The monoisotopic (exact) mass is 414 g/mol. The Balaban J connectivity index is 1.25. The van der Waals surface area contributed by atoms with Crippen LogP contribution in [0.2, 0.25) is 0 Å². The van der Waals surface area contributed by atoms with Crippen molar-refractivity contribution >= 4 is 27.5 Å². The number of rotatable bonds is 6. The predicted octanol–water partition coefficient (Wildman–Crippen LogP) is 0.377. The van der Waals surface area contributed by atoms with Crippen molar-refractivity contribution in [3.8, 4) is 0 Å². The SMILES string of the molecule is CN(Cc1ccccc1F)C(=O)C[NH+]1CC[NH+](Cc2nc3ccccc3s2)CC1. The molecule has 1 amide bonds. The Hall–Kier alpha value is -2.35. The molecule has 1 aliphatic heterocycles. The summed E-state index contributed by atoms with van der Waals surface area (Å²) < 4.78 is 15.1. The van der Waals surface area contributed by atoms with Gasteiger partial charge in [0.25, 0.3) is 5.91 Å². The van der Waals surface area contributed by atoms with Gasteiger partial charge in [-0.2, -0.15) is 0 Å². The van der Waals surface area contributed by atoms with Crippen LogP contribution in [0.3, 0.4) is 0 Å². The number of amides is 1. The van der Waals surface area contributed by atoms with Gasteiger partial charge < -0.3 is 14.7 Å². The van der Waals surface area contributed by atoms with Crippen molar-refractivity contribution in [3.05, 3.63) is 64.9 Å². The summed E-state index contributed by atoms with van der Waals surface area (Å²) in [5, 5.41) is 1.19. The molecule has 29 heavy (non-hydrogen) atoms. The van der Waals surface area contributed by atoms with Crippen LogP contribution in [0.1, 0.15) is 10.6 Å². The Morgan fingerprint density at radius 3 is 2.52 bits per heavy atom. The molecule has 0 spiro atoms. The van der Waals surface area contributed by atoms with Crippen LogP contribution in [-0.2, 0) is 17.9 Å². The Morgan fingerprint density at radius 1 is 1.07 bits per heavy atom. The van der Waals surface area contributed by atoms with Gasteiger partial charge in [-0.25, -0.2) is 9.37 Å². The van der Waals surface area contributed by atoms with Crippen molar-refractivity contribution in [1.29, 1.82) is 0 Å². The van der Waals surface area contributed by atoms with Crippen LogP contribution in [-0.4, -0.2) is 55.6 Å². The molecule has 0 atom stereocenters. The quantitative estimate of drug-likeness (QED) is 0.612. The first-order valence-electron chi connectivity index (χ1n) is 10.1. The highest BCUT2D eigenvalue weighted by Gasteiger charge is 2.27. The number of likely N-dealkylation sites (N-methyl/N-ethyl adjacent to an activating group) is 1. The summed E-state index contributed by atoms with van der Waals surface area (Å²) in [4.78, 5) is 21.8. The fourth-order valence-corrected chi connectivity index (χ4v) is 4.88. The predicted molar refractivity (Wildman–Crippen MR) is 112 cm³/mol. The van der Waals surface area contributed by atoms with Gasteiger partial charge >= 0.3 is 0 Å². The molecule has 1 aliphatic rings. The van der Waals surface area contributed by atoms with Crippen LogP contribution < -0.4 is 9.80 Å². The number of carbonyl (C=O) groups is 1. The van der Waals surface area contributed by atoms with E-state index in [0.717, 1.165) is 38.2 Å². The minimum atomic E-state index is -0.258. The van der Waals surface area contributed by atoms with E-state index in [-0.39, 0.29) is 11.7 Å². The molecule has 0 radical (unpaired) electrons. The van der Waals surface area contributed by atoms with Gasteiger partial charge in [-0.1, -0.05) is 30.3 Å². The number of hydrogen-bond acceptors (Lipinski definition) is 3. The van der Waals surface area contributed by atoms with E-state index < -0.39 is 0 Å². The number of benzene rings is 2. The highest BCUT2D eigenvalue weighted by molar-refractivity contribution is 7.18. The summed E-state index contributed by atoms with van der Waals surface area (Å²) in [7, 11) is 1.75. The number of halogens is 1. The van der Waals surface area contributed by atoms with Gasteiger partial charge in [0.2, 0.25) is 0 Å². The first-order chi connectivity index (χ1) is 14.1. The van der Waals surface area contributed by atoms with Crippen molar-refractivity contribution in [2.75, 3.05) is 39.8 Å². The van der Waals surface area contributed by atoms with E-state index in [0.29, 0.717) is 18.7 Å². The molecule has 7 heteroatoms. The van der Waals surface area contributed by atoms with Crippen LogP contribution >= 0.6 is 11.3 Å². The van der Waals surface area contributed by atoms with Crippen molar-refractivity contribution in [1.82, 2.24) is 9.88 Å². The van der Waals surface area contributed by atoms with E-state index in [9.17, 15) is 9.18 Å². The molecule has 0 saturated carbocycles. The normalized spacial score (nSPS) is 19.4. The maximum Gasteiger partial charge on any atom is 0.277 e. The van der Waals surface area contributed by atoms with E-state index in [1.165, 1.54) is 25.6 Å². The second-order valence-electron chi connectivity index (χ2n) is 7.77. The molecule has 0 bridgehead atoms. The summed E-state index contributed by atoms with van der Waals surface area (Å²) in [6, 6.07) is 14.9. The number of fused-ring (bicyclic) bond motifs is 1. The van der Waals surface area contributed by atoms with Crippen LogP contribution in [0.5, 0.6) is 0 Å². The molecule has 1 saturated heterocycles. The van der Waals surface area contributed by atoms with Crippen LogP contribution in [0.4, 0.5) is 4.39 Å². The standard InChI is InChI=1S/C22H25FN4OS/c1-25(14-17-6-2-3-7-18(17)23)22(28)16-27-12-10-26(11-13-27)15-21-24-19-8-4-5-9-20(19)29-21/h2-9H,10-16H2,1H3/p+2. The van der Waals surface area contributed by atoms with Crippen molar-refractivity contribution in [2.24, 2.45) is 0 Å². The summed E-state index contributed by atoms with van der Waals surface area (Å²) in [5.41, 5.74) is 1.64. The highest BCUT2D eigenvalue weighted by Crippen LogP contribution is 2.20. The summed E-state index contributed by atoms with van der Waals surface area (Å²) >= 11 is 1.78. The maximum atomic E-state index is 13.8. The van der Waals surface area contributed by atoms with Gasteiger partial charge in [0.05, 0.1) is 10.2 Å². The minimum absolute atomic E-state index is 0.0675. The number of nitrogens with zero attached hydrogens (tertiary/aromatic N) is 2. The van der Waals surface area contributed by atoms with Gasteiger partial charge in [-0.05, 0) is 18.2 Å². The van der Waals surface area contributed by atoms with Crippen molar-refractivity contribution in [2.45, 2.75) is 13.1 Å². The Morgan fingerprint density at radius 2 is 1.76 bits per heavy atom. The van der Waals surface area contributed by atoms with Crippen LogP contribution in [0.25, 0.3) is 10.2 Å². The molecule has 2 aromatic carbocycles. The van der Waals surface area contributed by atoms with Gasteiger partial charge in [0.15, 0.2) is 6.54 Å². The molecule has 152 valence electrons. The fraction of sp³-hybridized carbons (Fsp3) is 0.364. The molecule has 0 unspecified atom stereocenters. The summed E-state index contributed by atoms with van der Waals surface area (Å²) in [6.07, 6.45) is 0. The van der Waals surface area contributed by atoms with Gasteiger partial charge in [0, 0.05) is 19.2 Å². The van der Waals surface area contributed by atoms with Crippen molar-refractivity contribution in [3.63, 3.8) is 0 Å². The first kappa shape index (κ1) is 19.9. The molecule has 1 aromatic heterocycles. The lowest BCUT2D eigenvalue weighted by atomic mass is 10.2. The third-order valence-corrected chi connectivity index (χ3v) is 6.63. The number of para-hydroxylation sites is 1. The van der Waals surface area contributed by atoms with Gasteiger partial charge in [-0.3, -0.25) is 4.79 Å².